The molecule has 1 rings (SSSR count). The zero-order valence-corrected chi connectivity index (χ0v) is 12.9. The highest BCUT2D eigenvalue weighted by molar-refractivity contribution is 5.88. The molecule has 8 nitrogen and oxygen atoms in total. The van der Waals surface area contributed by atoms with E-state index in [0.717, 1.165) is 0 Å². The lowest BCUT2D eigenvalue weighted by atomic mass is 9.85. The minimum atomic E-state index is -0.751. The second-order valence-corrected chi connectivity index (χ2v) is 6.07. The van der Waals surface area contributed by atoms with Crippen molar-refractivity contribution in [2.45, 2.75) is 32.9 Å². The highest BCUT2D eigenvalue weighted by Crippen LogP contribution is 2.22. The van der Waals surface area contributed by atoms with Crippen LogP contribution in [-0.4, -0.2) is 61.6 Å². The van der Waals surface area contributed by atoms with Gasteiger partial charge in [-0.3, -0.25) is 9.59 Å². The molecule has 1 heterocycles. The van der Waals surface area contributed by atoms with E-state index in [2.05, 4.69) is 10.6 Å². The summed E-state index contributed by atoms with van der Waals surface area (Å²) in [6.45, 7) is 6.31. The van der Waals surface area contributed by atoms with Gasteiger partial charge in [-0.05, 0) is 5.41 Å². The summed E-state index contributed by atoms with van der Waals surface area (Å²) in [6.07, 6.45) is -0.693. The number of likely N-dealkylation sites (N-methyl/N-ethyl adjacent to an activating group) is 1. The second kappa shape index (κ2) is 6.75. The van der Waals surface area contributed by atoms with Crippen molar-refractivity contribution in [3.8, 4) is 0 Å². The Morgan fingerprint density at radius 2 is 1.95 bits per heavy atom. The molecular formula is C13H24N4O4. The number of rotatable bonds is 3. The Morgan fingerprint density at radius 1 is 1.33 bits per heavy atom. The molecule has 0 aromatic rings. The molecule has 8 heteroatoms. The van der Waals surface area contributed by atoms with Gasteiger partial charge >= 0.3 is 6.03 Å². The van der Waals surface area contributed by atoms with Gasteiger partial charge < -0.3 is 26.0 Å². The molecular weight excluding hydrogens is 276 g/mol. The van der Waals surface area contributed by atoms with E-state index in [0.29, 0.717) is 6.54 Å². The smallest absolute Gasteiger partial charge is 0.312 e. The van der Waals surface area contributed by atoms with Crippen molar-refractivity contribution < 1.29 is 19.1 Å². The van der Waals surface area contributed by atoms with Crippen LogP contribution in [0.2, 0.25) is 0 Å². The Balaban J connectivity index is 2.83. The quantitative estimate of drug-likeness (QED) is 0.623. The van der Waals surface area contributed by atoms with Gasteiger partial charge in [-0.25, -0.2) is 4.79 Å². The normalized spacial score (nSPS) is 20.6. The monoisotopic (exact) mass is 300 g/mol. The van der Waals surface area contributed by atoms with Crippen LogP contribution in [0.3, 0.4) is 0 Å². The molecule has 21 heavy (non-hydrogen) atoms. The van der Waals surface area contributed by atoms with Gasteiger partial charge in [-0.1, -0.05) is 20.8 Å². The lowest BCUT2D eigenvalue weighted by molar-refractivity contribution is -0.149. The first-order chi connectivity index (χ1) is 9.66. The number of morpholine rings is 1. The molecule has 0 radical (unpaired) electrons. The maximum Gasteiger partial charge on any atom is 0.312 e. The Bertz CT molecular complexity index is 419. The molecule has 120 valence electrons. The predicted molar refractivity (Wildman–Crippen MR) is 76.3 cm³/mol. The van der Waals surface area contributed by atoms with Gasteiger partial charge in [0.1, 0.15) is 6.04 Å². The van der Waals surface area contributed by atoms with Crippen molar-refractivity contribution >= 4 is 17.8 Å². The topological polar surface area (TPSA) is 114 Å². The minimum absolute atomic E-state index is 0.158. The van der Waals surface area contributed by atoms with E-state index in [1.807, 2.05) is 20.8 Å². The third-order valence-corrected chi connectivity index (χ3v) is 3.32. The molecule has 1 aliphatic heterocycles. The number of ether oxygens (including phenoxy) is 1. The fourth-order valence-electron chi connectivity index (χ4n) is 2.14. The average molecular weight is 300 g/mol. The third-order valence-electron chi connectivity index (χ3n) is 3.32. The highest BCUT2D eigenvalue weighted by Gasteiger charge is 2.38. The molecule has 0 aromatic heterocycles. The van der Waals surface area contributed by atoms with Crippen molar-refractivity contribution in [1.29, 1.82) is 0 Å². The molecule has 1 aliphatic rings. The number of nitrogens with one attached hydrogen (secondary N) is 2. The molecule has 1 fully saturated rings. The van der Waals surface area contributed by atoms with Crippen LogP contribution in [-0.2, 0) is 14.3 Å². The number of amides is 4. The second-order valence-electron chi connectivity index (χ2n) is 6.07. The fraction of sp³-hybridized carbons (Fsp3) is 0.769. The molecule has 2 unspecified atom stereocenters. The highest BCUT2D eigenvalue weighted by atomic mass is 16.5. The molecule has 4 N–H and O–H groups in total. The van der Waals surface area contributed by atoms with E-state index in [4.69, 9.17) is 10.5 Å². The van der Waals surface area contributed by atoms with Crippen LogP contribution in [0.4, 0.5) is 4.79 Å². The first-order valence-corrected chi connectivity index (χ1v) is 6.84. The summed E-state index contributed by atoms with van der Waals surface area (Å²) in [5.74, 6) is -0.541. The van der Waals surface area contributed by atoms with Crippen LogP contribution >= 0.6 is 0 Å². The molecule has 0 spiro atoms. The van der Waals surface area contributed by atoms with Gasteiger partial charge in [0.25, 0.3) is 5.91 Å². The minimum Gasteiger partial charge on any atom is -0.365 e. The van der Waals surface area contributed by atoms with Crippen LogP contribution < -0.4 is 16.4 Å². The number of carbonyl (C=O) groups excluding carboxylic acids is 3. The summed E-state index contributed by atoms with van der Waals surface area (Å²) in [5.41, 5.74) is 4.65. The number of primary amides is 1. The fourth-order valence-corrected chi connectivity index (χ4v) is 2.14. The van der Waals surface area contributed by atoms with E-state index in [1.54, 1.807) is 0 Å². The van der Waals surface area contributed by atoms with Crippen LogP contribution in [0, 0.1) is 5.41 Å². The Labute approximate surface area is 124 Å². The molecule has 0 aromatic carbocycles. The number of hydrogen-bond donors (Lipinski definition) is 3. The molecule has 1 saturated heterocycles. The number of nitrogens with zero attached hydrogens (tertiary/aromatic N) is 1. The number of nitrogens with two attached hydrogens (primary N) is 1. The van der Waals surface area contributed by atoms with E-state index in [1.165, 1.54) is 11.9 Å². The number of hydrogen-bond acceptors (Lipinski definition) is 4. The lowest BCUT2D eigenvalue weighted by Crippen LogP contribution is -2.60. The number of urea groups is 1. The van der Waals surface area contributed by atoms with Gasteiger partial charge in [0.05, 0.1) is 13.2 Å². The summed E-state index contributed by atoms with van der Waals surface area (Å²) in [5, 5.41) is 4.98. The van der Waals surface area contributed by atoms with E-state index >= 15 is 0 Å². The molecule has 4 amide bonds. The zero-order chi connectivity index (χ0) is 16.2. The van der Waals surface area contributed by atoms with Crippen LogP contribution in [0.15, 0.2) is 0 Å². The van der Waals surface area contributed by atoms with Gasteiger partial charge in [0, 0.05) is 13.6 Å². The lowest BCUT2D eigenvalue weighted by Gasteiger charge is -2.38. The first kappa shape index (κ1) is 17.2. The summed E-state index contributed by atoms with van der Waals surface area (Å²) in [7, 11) is 1.51. The van der Waals surface area contributed by atoms with Crippen LogP contribution in [0.25, 0.3) is 0 Å². The summed E-state index contributed by atoms with van der Waals surface area (Å²) >= 11 is 0. The average Bonchev–Trinajstić information content (AvgIpc) is 2.42. The third kappa shape index (κ3) is 4.59. The van der Waals surface area contributed by atoms with E-state index < -0.39 is 23.6 Å². The standard InChI is InChI=1S/C13H24N4O4/c1-13(2,3)9(16-12(14)20)11(19)17-5-6-21-8(7-17)10(18)15-4/h8-9H,5-7H2,1-4H3,(H,15,18)(H3,14,16,20). The maximum absolute atomic E-state index is 12.6. The van der Waals surface area contributed by atoms with Crippen molar-refractivity contribution in [2.75, 3.05) is 26.7 Å². The van der Waals surface area contributed by atoms with Crippen molar-refractivity contribution in [2.24, 2.45) is 11.1 Å². The molecule has 0 bridgehead atoms. The zero-order valence-electron chi connectivity index (χ0n) is 12.9. The van der Waals surface area contributed by atoms with Crippen LogP contribution in [0.1, 0.15) is 20.8 Å². The molecule has 2 atom stereocenters. The van der Waals surface area contributed by atoms with Crippen molar-refractivity contribution in [1.82, 2.24) is 15.5 Å². The van der Waals surface area contributed by atoms with Crippen molar-refractivity contribution in [3.05, 3.63) is 0 Å². The maximum atomic E-state index is 12.6. The van der Waals surface area contributed by atoms with E-state index in [-0.39, 0.29) is 25.0 Å². The van der Waals surface area contributed by atoms with E-state index in [9.17, 15) is 14.4 Å². The Kier molecular flexibility index (Phi) is 5.54. The van der Waals surface area contributed by atoms with Crippen molar-refractivity contribution in [3.63, 3.8) is 0 Å². The largest absolute Gasteiger partial charge is 0.365 e. The summed E-state index contributed by atoms with van der Waals surface area (Å²) in [4.78, 5) is 36.9. The SMILES string of the molecule is CNC(=O)C1CN(C(=O)C(NC(N)=O)C(C)(C)C)CCO1. The van der Waals surface area contributed by atoms with Gasteiger partial charge in [0.2, 0.25) is 5.91 Å². The van der Waals surface area contributed by atoms with Gasteiger partial charge in [0.15, 0.2) is 6.10 Å². The Morgan fingerprint density at radius 3 is 2.43 bits per heavy atom. The predicted octanol–water partition coefficient (Wildman–Crippen LogP) is -0.957. The molecule has 0 aliphatic carbocycles. The van der Waals surface area contributed by atoms with Gasteiger partial charge in [-0.15, -0.1) is 0 Å². The first-order valence-electron chi connectivity index (χ1n) is 6.84. The summed E-state index contributed by atoms with van der Waals surface area (Å²) in [6, 6.07) is -1.50. The Hall–Kier alpha value is -1.83. The van der Waals surface area contributed by atoms with Crippen LogP contribution in [0.5, 0.6) is 0 Å². The molecule has 0 saturated carbocycles. The van der Waals surface area contributed by atoms with Gasteiger partial charge in [-0.2, -0.15) is 0 Å². The summed E-state index contributed by atoms with van der Waals surface area (Å²) < 4.78 is 5.34. The number of carbonyl (C=O) groups is 3.